The highest BCUT2D eigenvalue weighted by Gasteiger charge is 2.43. The number of carbonyl (C=O) groups excluding carboxylic acids is 1. The fourth-order valence-corrected chi connectivity index (χ4v) is 5.83. The van der Waals surface area contributed by atoms with Crippen molar-refractivity contribution in [1.29, 1.82) is 0 Å². The molecule has 4 rings (SSSR count). The van der Waals surface area contributed by atoms with Gasteiger partial charge in [-0.05, 0) is 63.1 Å². The number of benzene rings is 2. The Labute approximate surface area is 181 Å². The van der Waals surface area contributed by atoms with Gasteiger partial charge in [0, 0.05) is 30.6 Å². The van der Waals surface area contributed by atoms with E-state index < -0.39 is 0 Å². The monoisotopic (exact) mass is 405 g/mol. The van der Waals surface area contributed by atoms with E-state index in [0.717, 1.165) is 6.42 Å². The van der Waals surface area contributed by atoms with Crippen LogP contribution in [0.5, 0.6) is 0 Å². The van der Waals surface area contributed by atoms with E-state index in [1.54, 1.807) is 0 Å². The Balaban J connectivity index is 1.69. The minimum atomic E-state index is -0.229. The average Bonchev–Trinajstić information content (AvgIpc) is 2.98. The summed E-state index contributed by atoms with van der Waals surface area (Å²) in [7, 11) is 2.30. The Bertz CT molecular complexity index is 769. The van der Waals surface area contributed by atoms with Crippen LogP contribution in [0.1, 0.15) is 50.2 Å². The molecule has 2 aliphatic heterocycles. The highest BCUT2D eigenvalue weighted by molar-refractivity contribution is 5.74. The molecule has 4 nitrogen and oxygen atoms in total. The molecule has 4 heteroatoms. The van der Waals surface area contributed by atoms with Crippen molar-refractivity contribution in [3.63, 3.8) is 0 Å². The number of urea groups is 1. The highest BCUT2D eigenvalue weighted by Crippen LogP contribution is 2.45. The van der Waals surface area contributed by atoms with Crippen molar-refractivity contribution in [2.24, 2.45) is 5.92 Å². The molecule has 2 aromatic carbocycles. The van der Waals surface area contributed by atoms with Crippen LogP contribution in [-0.4, -0.2) is 43.2 Å². The molecule has 2 saturated heterocycles. The van der Waals surface area contributed by atoms with E-state index >= 15 is 0 Å². The van der Waals surface area contributed by atoms with Gasteiger partial charge >= 0.3 is 6.03 Å². The minimum Gasteiger partial charge on any atom is -0.338 e. The van der Waals surface area contributed by atoms with Gasteiger partial charge in [0.1, 0.15) is 0 Å². The van der Waals surface area contributed by atoms with Gasteiger partial charge in [-0.15, -0.1) is 0 Å². The summed E-state index contributed by atoms with van der Waals surface area (Å²) in [5, 5.41) is 6.10. The fraction of sp³-hybridized carbons (Fsp3) is 0.500. The zero-order valence-corrected chi connectivity index (χ0v) is 18.3. The van der Waals surface area contributed by atoms with E-state index in [2.05, 4.69) is 83.2 Å². The van der Waals surface area contributed by atoms with Gasteiger partial charge in [-0.2, -0.15) is 0 Å². The summed E-state index contributed by atoms with van der Waals surface area (Å²) in [4.78, 5) is 15.0. The maximum Gasteiger partial charge on any atom is 0.314 e. The molecule has 2 heterocycles. The molecule has 2 fully saturated rings. The van der Waals surface area contributed by atoms with Crippen LogP contribution in [0, 0.1) is 5.92 Å². The lowest BCUT2D eigenvalue weighted by Gasteiger charge is -2.43. The third-order valence-electron chi connectivity index (χ3n) is 7.37. The molecule has 0 aromatic heterocycles. The molecule has 2 N–H and O–H groups in total. The van der Waals surface area contributed by atoms with Crippen molar-refractivity contribution < 1.29 is 4.79 Å². The van der Waals surface area contributed by atoms with Crippen LogP contribution < -0.4 is 10.6 Å². The Kier molecular flexibility index (Phi) is 6.43. The first kappa shape index (κ1) is 20.9. The number of piperidine rings is 1. The zero-order chi connectivity index (χ0) is 21.0. The topological polar surface area (TPSA) is 44.4 Å². The average molecular weight is 406 g/mol. The second-order valence-electron chi connectivity index (χ2n) is 9.12. The molecular formula is C26H35N3O. The molecule has 0 radical (unpaired) electrons. The Morgan fingerprint density at radius 2 is 1.47 bits per heavy atom. The molecule has 2 amide bonds. The van der Waals surface area contributed by atoms with Crippen molar-refractivity contribution >= 4 is 6.03 Å². The highest BCUT2D eigenvalue weighted by atomic mass is 16.2. The molecular weight excluding hydrogens is 370 g/mol. The van der Waals surface area contributed by atoms with Crippen molar-refractivity contribution in [2.45, 2.75) is 56.5 Å². The van der Waals surface area contributed by atoms with Gasteiger partial charge in [0.05, 0.1) is 0 Å². The summed E-state index contributed by atoms with van der Waals surface area (Å²) in [5.41, 5.74) is 2.35. The predicted octanol–water partition coefficient (Wildman–Crippen LogP) is 4.55. The van der Waals surface area contributed by atoms with E-state index in [9.17, 15) is 4.79 Å². The van der Waals surface area contributed by atoms with E-state index in [4.69, 9.17) is 0 Å². The molecule has 160 valence electrons. The molecule has 0 spiro atoms. The SMILES string of the molecule is CCNC(=O)NCC(CC1C[C@H]2CC[C@H](C1)N2C)(c1ccccc1)c1ccccc1. The number of fused-ring (bicyclic) bond motifs is 2. The van der Waals surface area contributed by atoms with Crippen molar-refractivity contribution in [1.82, 2.24) is 15.5 Å². The Morgan fingerprint density at radius 1 is 0.933 bits per heavy atom. The Hall–Kier alpha value is -2.33. The van der Waals surface area contributed by atoms with E-state index in [0.29, 0.717) is 31.1 Å². The normalized spacial score (nSPS) is 23.9. The van der Waals surface area contributed by atoms with Gasteiger partial charge in [0.2, 0.25) is 0 Å². The molecule has 30 heavy (non-hydrogen) atoms. The molecule has 0 aliphatic carbocycles. The lowest BCUT2D eigenvalue weighted by molar-refractivity contribution is 0.118. The van der Waals surface area contributed by atoms with Crippen molar-refractivity contribution in [2.75, 3.05) is 20.1 Å². The van der Waals surface area contributed by atoms with Gasteiger partial charge in [0.15, 0.2) is 0 Å². The number of hydrogen-bond donors (Lipinski definition) is 2. The summed E-state index contributed by atoms with van der Waals surface area (Å²) in [6.07, 6.45) is 6.25. The standard InChI is InChI=1S/C26H35N3O/c1-3-27-25(30)28-19-26(21-10-6-4-7-11-21,22-12-8-5-9-13-22)18-20-16-23-14-15-24(17-20)29(23)2/h4-13,20,23-24H,3,14-19H2,1-2H3,(H2,27,28,30)/t23-,24-/m1/s1. The minimum absolute atomic E-state index is 0.0859. The summed E-state index contributed by atoms with van der Waals surface area (Å²) in [5.74, 6) is 0.662. The smallest absolute Gasteiger partial charge is 0.314 e. The molecule has 2 aromatic rings. The van der Waals surface area contributed by atoms with E-state index in [-0.39, 0.29) is 11.4 Å². The number of carbonyl (C=O) groups is 1. The van der Waals surface area contributed by atoms with Gasteiger partial charge in [-0.3, -0.25) is 0 Å². The van der Waals surface area contributed by atoms with Crippen LogP contribution in [0.3, 0.4) is 0 Å². The van der Waals surface area contributed by atoms with Crippen LogP contribution >= 0.6 is 0 Å². The molecule has 0 saturated carbocycles. The summed E-state index contributed by atoms with van der Waals surface area (Å²) < 4.78 is 0. The van der Waals surface area contributed by atoms with Crippen LogP contribution in [0.2, 0.25) is 0 Å². The second-order valence-corrected chi connectivity index (χ2v) is 9.12. The number of nitrogens with zero attached hydrogens (tertiary/aromatic N) is 1. The van der Waals surface area contributed by atoms with Gasteiger partial charge in [-0.25, -0.2) is 4.79 Å². The largest absolute Gasteiger partial charge is 0.338 e. The predicted molar refractivity (Wildman–Crippen MR) is 123 cm³/mol. The van der Waals surface area contributed by atoms with Crippen LogP contribution in [0.25, 0.3) is 0 Å². The molecule has 2 bridgehead atoms. The lowest BCUT2D eigenvalue weighted by atomic mass is 9.67. The van der Waals surface area contributed by atoms with Crippen molar-refractivity contribution in [3.8, 4) is 0 Å². The first-order valence-corrected chi connectivity index (χ1v) is 11.5. The van der Waals surface area contributed by atoms with Gasteiger partial charge in [-0.1, -0.05) is 60.7 Å². The molecule has 0 unspecified atom stereocenters. The van der Waals surface area contributed by atoms with Crippen LogP contribution in [0.15, 0.2) is 60.7 Å². The maximum absolute atomic E-state index is 12.4. The third kappa shape index (κ3) is 4.24. The molecule has 2 atom stereocenters. The second kappa shape index (κ2) is 9.22. The third-order valence-corrected chi connectivity index (χ3v) is 7.37. The lowest BCUT2D eigenvalue weighted by Crippen LogP contribution is -2.48. The van der Waals surface area contributed by atoms with Gasteiger partial charge in [0.25, 0.3) is 0 Å². The number of rotatable bonds is 7. The number of amides is 2. The van der Waals surface area contributed by atoms with Crippen molar-refractivity contribution in [3.05, 3.63) is 71.8 Å². The van der Waals surface area contributed by atoms with E-state index in [1.165, 1.54) is 36.8 Å². The fourth-order valence-electron chi connectivity index (χ4n) is 5.83. The van der Waals surface area contributed by atoms with Crippen LogP contribution in [0.4, 0.5) is 4.79 Å². The quantitative estimate of drug-likeness (QED) is 0.709. The van der Waals surface area contributed by atoms with Crippen LogP contribution in [-0.2, 0) is 5.41 Å². The Morgan fingerprint density at radius 3 is 1.97 bits per heavy atom. The first-order chi connectivity index (χ1) is 14.6. The maximum atomic E-state index is 12.4. The van der Waals surface area contributed by atoms with E-state index in [1.807, 2.05) is 6.92 Å². The summed E-state index contributed by atoms with van der Waals surface area (Å²) in [6.45, 7) is 3.19. The molecule has 2 aliphatic rings. The first-order valence-electron chi connectivity index (χ1n) is 11.5. The number of nitrogens with one attached hydrogen (secondary N) is 2. The zero-order valence-electron chi connectivity index (χ0n) is 18.3. The number of hydrogen-bond acceptors (Lipinski definition) is 2. The van der Waals surface area contributed by atoms with Gasteiger partial charge < -0.3 is 15.5 Å². The summed E-state index contributed by atoms with van der Waals surface area (Å²) >= 11 is 0. The summed E-state index contributed by atoms with van der Waals surface area (Å²) in [6, 6.07) is 22.9.